The molecule has 7 nitrogen and oxygen atoms in total. The van der Waals surface area contributed by atoms with E-state index in [1.807, 2.05) is 25.1 Å². The average molecular weight is 521 g/mol. The summed E-state index contributed by atoms with van der Waals surface area (Å²) in [5.74, 6) is 1.19. The minimum Gasteiger partial charge on any atom is -0.489 e. The fraction of sp³-hybridized carbons (Fsp3) is 0.577. The molecule has 0 bridgehead atoms. The van der Waals surface area contributed by atoms with E-state index < -0.39 is 0 Å². The number of ether oxygens (including phenoxy) is 3. The molecule has 2 saturated carbocycles. The van der Waals surface area contributed by atoms with Crippen LogP contribution in [0.4, 0.5) is 4.79 Å². The summed E-state index contributed by atoms with van der Waals surface area (Å²) < 4.78 is 17.3. The van der Waals surface area contributed by atoms with E-state index in [9.17, 15) is 9.59 Å². The van der Waals surface area contributed by atoms with Crippen LogP contribution in [0.1, 0.15) is 56.2 Å². The summed E-state index contributed by atoms with van der Waals surface area (Å²) in [6.45, 7) is 2.76. The largest absolute Gasteiger partial charge is 0.489 e. The number of carbonyl (C=O) groups excluding carboxylic acids is 2. The van der Waals surface area contributed by atoms with Crippen LogP contribution in [-0.4, -0.2) is 48.8 Å². The number of amides is 1. The van der Waals surface area contributed by atoms with Crippen molar-refractivity contribution in [3.63, 3.8) is 0 Å². The Bertz CT molecular complexity index is 1050. The first-order chi connectivity index (χ1) is 16.8. The van der Waals surface area contributed by atoms with Gasteiger partial charge in [-0.3, -0.25) is 4.79 Å². The number of nitrogens with zero attached hydrogens (tertiary/aromatic N) is 2. The highest BCUT2D eigenvalue weighted by Gasteiger charge is 2.29. The number of methoxy groups -OCH3 is 1. The third-order valence-corrected chi connectivity index (χ3v) is 8.06. The fourth-order valence-corrected chi connectivity index (χ4v) is 5.68. The van der Waals surface area contributed by atoms with Gasteiger partial charge in [0.2, 0.25) is 0 Å². The molecule has 4 rings (SSSR count). The Morgan fingerprint density at radius 2 is 2.03 bits per heavy atom. The Hall–Kier alpha value is -2.32. The topological polar surface area (TPSA) is 78.0 Å². The number of pyridine rings is 1. The molecule has 2 aromatic rings. The van der Waals surface area contributed by atoms with E-state index in [1.54, 1.807) is 11.9 Å². The van der Waals surface area contributed by atoms with Crippen LogP contribution in [0.2, 0.25) is 4.34 Å². The van der Waals surface area contributed by atoms with Gasteiger partial charge in [-0.05, 0) is 63.1 Å². The Labute approximate surface area is 215 Å². The molecular formula is C26H33ClN2O5S. The molecule has 35 heavy (non-hydrogen) atoms. The second-order valence-corrected chi connectivity index (χ2v) is 11.2. The number of halogens is 1. The van der Waals surface area contributed by atoms with Gasteiger partial charge < -0.3 is 19.1 Å². The van der Waals surface area contributed by atoms with E-state index in [0.717, 1.165) is 53.4 Å². The maximum atomic E-state index is 12.4. The number of esters is 1. The number of carbonyl (C=O) groups is 2. The van der Waals surface area contributed by atoms with E-state index in [2.05, 4.69) is 0 Å². The van der Waals surface area contributed by atoms with Gasteiger partial charge >= 0.3 is 12.1 Å². The van der Waals surface area contributed by atoms with Gasteiger partial charge in [-0.15, -0.1) is 11.3 Å². The standard InChI is InChI=1S/C26H33ClN2O5S/c1-16-22(34-20-6-4-5-18(13-20)25(30)32-3)10-9-21(28-16)24-19(14-23(27)35-24)15-33-26(31)29(2)12-11-17-7-8-17/h9-10,14,17-18,20H,4-8,11-13,15H2,1-3H3/t18-,20-/m0/s1. The molecule has 190 valence electrons. The first-order valence-corrected chi connectivity index (χ1v) is 13.4. The maximum absolute atomic E-state index is 12.4. The lowest BCUT2D eigenvalue weighted by Crippen LogP contribution is -2.30. The van der Waals surface area contributed by atoms with E-state index in [4.69, 9.17) is 30.8 Å². The molecule has 2 aliphatic carbocycles. The highest BCUT2D eigenvalue weighted by Crippen LogP contribution is 2.37. The molecule has 2 atom stereocenters. The average Bonchev–Trinajstić information content (AvgIpc) is 3.62. The summed E-state index contributed by atoms with van der Waals surface area (Å²) in [6, 6.07) is 5.64. The van der Waals surface area contributed by atoms with E-state index in [0.29, 0.717) is 23.1 Å². The molecule has 9 heteroatoms. The van der Waals surface area contributed by atoms with Crippen molar-refractivity contribution in [2.24, 2.45) is 11.8 Å². The summed E-state index contributed by atoms with van der Waals surface area (Å²) in [7, 11) is 3.20. The van der Waals surface area contributed by atoms with Crippen LogP contribution in [-0.2, 0) is 20.9 Å². The van der Waals surface area contributed by atoms with Crippen LogP contribution < -0.4 is 4.74 Å². The number of hydrogen-bond acceptors (Lipinski definition) is 7. The molecule has 2 aliphatic rings. The summed E-state index contributed by atoms with van der Waals surface area (Å²) in [6.07, 6.45) is 6.52. The van der Waals surface area contributed by atoms with Crippen molar-refractivity contribution >= 4 is 35.0 Å². The Kier molecular flexibility index (Phi) is 8.55. The second kappa shape index (κ2) is 11.6. The SMILES string of the molecule is COC(=O)[C@H]1CCC[C@H](Oc2ccc(-c3sc(Cl)cc3COC(=O)N(C)CCC3CC3)nc2C)C1. The second-order valence-electron chi connectivity index (χ2n) is 9.52. The van der Waals surface area contributed by atoms with E-state index in [-0.39, 0.29) is 30.7 Å². The molecule has 2 aromatic heterocycles. The number of hydrogen-bond donors (Lipinski definition) is 0. The molecular weight excluding hydrogens is 488 g/mol. The highest BCUT2D eigenvalue weighted by atomic mass is 35.5. The zero-order valence-electron chi connectivity index (χ0n) is 20.5. The van der Waals surface area contributed by atoms with Gasteiger partial charge in [0, 0.05) is 19.2 Å². The van der Waals surface area contributed by atoms with Crippen molar-refractivity contribution in [3.8, 4) is 16.3 Å². The molecule has 0 unspecified atom stereocenters. The van der Waals surface area contributed by atoms with Crippen molar-refractivity contribution in [1.29, 1.82) is 0 Å². The zero-order chi connectivity index (χ0) is 24.9. The van der Waals surface area contributed by atoms with Crippen LogP contribution in [0.25, 0.3) is 10.6 Å². The third-order valence-electron chi connectivity index (χ3n) is 6.74. The summed E-state index contributed by atoms with van der Waals surface area (Å²) >= 11 is 7.73. The minimum absolute atomic E-state index is 0.0396. The van der Waals surface area contributed by atoms with Crippen LogP contribution in [0.5, 0.6) is 5.75 Å². The van der Waals surface area contributed by atoms with Crippen LogP contribution in [0.15, 0.2) is 18.2 Å². The minimum atomic E-state index is -0.329. The van der Waals surface area contributed by atoms with Crippen LogP contribution in [0, 0.1) is 18.8 Å². The Morgan fingerprint density at radius 3 is 2.74 bits per heavy atom. The summed E-state index contributed by atoms with van der Waals surface area (Å²) in [4.78, 5) is 31.6. The lowest BCUT2D eigenvalue weighted by Gasteiger charge is -2.28. The molecule has 0 spiro atoms. The molecule has 1 amide bonds. The highest BCUT2D eigenvalue weighted by molar-refractivity contribution is 7.19. The lowest BCUT2D eigenvalue weighted by atomic mass is 9.87. The summed E-state index contributed by atoms with van der Waals surface area (Å²) in [5, 5.41) is 0. The Morgan fingerprint density at radius 1 is 1.23 bits per heavy atom. The zero-order valence-corrected chi connectivity index (χ0v) is 22.1. The lowest BCUT2D eigenvalue weighted by molar-refractivity contribution is -0.147. The third kappa shape index (κ3) is 6.88. The van der Waals surface area contributed by atoms with Crippen molar-refractivity contribution in [3.05, 3.63) is 33.8 Å². The molecule has 0 N–H and O–H groups in total. The van der Waals surface area contributed by atoms with Crippen molar-refractivity contribution in [2.75, 3.05) is 20.7 Å². The normalized spacial score (nSPS) is 19.8. The molecule has 0 aliphatic heterocycles. The monoisotopic (exact) mass is 520 g/mol. The van der Waals surface area contributed by atoms with Gasteiger partial charge in [0.25, 0.3) is 0 Å². The Balaban J connectivity index is 1.39. The first kappa shape index (κ1) is 25.8. The number of aromatic nitrogens is 1. The van der Waals surface area contributed by atoms with Crippen molar-refractivity contribution in [1.82, 2.24) is 9.88 Å². The summed E-state index contributed by atoms with van der Waals surface area (Å²) in [5.41, 5.74) is 2.35. The van der Waals surface area contributed by atoms with Crippen molar-refractivity contribution < 1.29 is 23.8 Å². The smallest absolute Gasteiger partial charge is 0.409 e. The van der Waals surface area contributed by atoms with Gasteiger partial charge in [-0.2, -0.15) is 0 Å². The van der Waals surface area contributed by atoms with E-state index in [1.165, 1.54) is 31.3 Å². The van der Waals surface area contributed by atoms with Crippen LogP contribution >= 0.6 is 22.9 Å². The fourth-order valence-electron chi connectivity index (χ4n) is 4.45. The quantitative estimate of drug-likeness (QED) is 0.363. The molecule has 2 fully saturated rings. The first-order valence-electron chi connectivity index (χ1n) is 12.2. The van der Waals surface area contributed by atoms with Gasteiger partial charge in [-0.1, -0.05) is 24.4 Å². The van der Waals surface area contributed by atoms with Gasteiger partial charge in [-0.25, -0.2) is 9.78 Å². The maximum Gasteiger partial charge on any atom is 0.409 e. The van der Waals surface area contributed by atoms with Crippen molar-refractivity contribution in [2.45, 2.75) is 64.6 Å². The molecule has 0 radical (unpaired) electrons. The van der Waals surface area contributed by atoms with Gasteiger partial charge in [0.05, 0.1) is 39.7 Å². The van der Waals surface area contributed by atoms with Gasteiger partial charge in [0.15, 0.2) is 0 Å². The molecule has 2 heterocycles. The predicted molar refractivity (Wildman–Crippen MR) is 136 cm³/mol. The predicted octanol–water partition coefficient (Wildman–Crippen LogP) is 6.25. The molecule has 0 aromatic carbocycles. The van der Waals surface area contributed by atoms with Gasteiger partial charge in [0.1, 0.15) is 12.4 Å². The molecule has 0 saturated heterocycles. The van der Waals surface area contributed by atoms with E-state index >= 15 is 0 Å². The van der Waals surface area contributed by atoms with Crippen LogP contribution in [0.3, 0.4) is 0 Å². The number of rotatable bonds is 9. The number of aryl methyl sites for hydroxylation is 1. The number of thiophene rings is 1.